The molecule has 0 radical (unpaired) electrons. The fourth-order valence-electron chi connectivity index (χ4n) is 2.15. The van der Waals surface area contributed by atoms with Crippen LogP contribution >= 0.6 is 0 Å². The average Bonchev–Trinajstić information content (AvgIpc) is 2.67. The van der Waals surface area contributed by atoms with E-state index in [0.717, 1.165) is 0 Å². The minimum atomic E-state index is -1.47. The number of nitrogens with zero attached hydrogens (tertiary/aromatic N) is 1. The summed E-state index contributed by atoms with van der Waals surface area (Å²) in [5.41, 5.74) is 0.125. The molecule has 1 aromatic rings. The zero-order valence-corrected chi connectivity index (χ0v) is 11.5. The first-order valence-electron chi connectivity index (χ1n) is 6.60. The van der Waals surface area contributed by atoms with Crippen molar-refractivity contribution in [2.24, 2.45) is 0 Å². The fourth-order valence-corrected chi connectivity index (χ4v) is 2.15. The third kappa shape index (κ3) is 3.58. The summed E-state index contributed by atoms with van der Waals surface area (Å²) in [6.45, 7) is -0.973. The molecule has 122 valence electrons. The smallest absolute Gasteiger partial charge is 0.269 e. The van der Waals surface area contributed by atoms with Gasteiger partial charge < -0.3 is 29.9 Å². The SMILES string of the molecule is O=[N+]([O-])c1cccc(C2OC[C@@H](O)[C@@H](O)[C@@H]([C@@H](O)CO)O2)c1. The predicted octanol–water partition coefficient (Wildman–Crippen LogP) is -0.916. The van der Waals surface area contributed by atoms with Crippen LogP contribution in [0.5, 0.6) is 0 Å². The van der Waals surface area contributed by atoms with E-state index in [-0.39, 0.29) is 12.3 Å². The van der Waals surface area contributed by atoms with Crippen molar-refractivity contribution in [3.8, 4) is 0 Å². The third-order valence-corrected chi connectivity index (χ3v) is 3.35. The summed E-state index contributed by atoms with van der Waals surface area (Å²) in [4.78, 5) is 10.2. The Balaban J connectivity index is 2.26. The molecule has 1 unspecified atom stereocenters. The molecular weight excluding hydrogens is 298 g/mol. The van der Waals surface area contributed by atoms with E-state index in [1.54, 1.807) is 0 Å². The van der Waals surface area contributed by atoms with Gasteiger partial charge in [-0.25, -0.2) is 0 Å². The van der Waals surface area contributed by atoms with Crippen molar-refractivity contribution in [1.82, 2.24) is 0 Å². The van der Waals surface area contributed by atoms with Crippen LogP contribution in [0.4, 0.5) is 5.69 Å². The van der Waals surface area contributed by atoms with E-state index < -0.39 is 42.2 Å². The molecule has 22 heavy (non-hydrogen) atoms. The lowest BCUT2D eigenvalue weighted by atomic mass is 10.0. The number of aliphatic hydroxyl groups is 4. The molecule has 1 aliphatic rings. The highest BCUT2D eigenvalue weighted by atomic mass is 16.7. The first kappa shape index (κ1) is 16.7. The van der Waals surface area contributed by atoms with Gasteiger partial charge in [-0.15, -0.1) is 0 Å². The Bertz CT molecular complexity index is 525. The summed E-state index contributed by atoms with van der Waals surface area (Å²) in [7, 11) is 0. The van der Waals surface area contributed by atoms with Crippen LogP contribution in [0.1, 0.15) is 11.9 Å². The minimum absolute atomic E-state index is 0.172. The lowest BCUT2D eigenvalue weighted by Gasteiger charge is -2.27. The van der Waals surface area contributed by atoms with Crippen LogP contribution in [-0.4, -0.2) is 63.0 Å². The van der Waals surface area contributed by atoms with Gasteiger partial charge in [0.2, 0.25) is 0 Å². The van der Waals surface area contributed by atoms with Crippen molar-refractivity contribution in [3.63, 3.8) is 0 Å². The number of benzene rings is 1. The molecule has 2 rings (SSSR count). The topological polar surface area (TPSA) is 143 Å². The Hall–Kier alpha value is -1.62. The number of rotatable bonds is 4. The second-order valence-electron chi connectivity index (χ2n) is 4.93. The maximum Gasteiger partial charge on any atom is 0.269 e. The first-order chi connectivity index (χ1) is 10.4. The monoisotopic (exact) mass is 315 g/mol. The lowest BCUT2D eigenvalue weighted by molar-refractivity contribution is -0.385. The highest BCUT2D eigenvalue weighted by molar-refractivity contribution is 5.34. The van der Waals surface area contributed by atoms with Gasteiger partial charge in [0.15, 0.2) is 6.29 Å². The van der Waals surface area contributed by atoms with Crippen molar-refractivity contribution < 1.29 is 34.8 Å². The molecule has 1 fully saturated rings. The number of hydrogen-bond donors (Lipinski definition) is 4. The average molecular weight is 315 g/mol. The van der Waals surface area contributed by atoms with E-state index in [2.05, 4.69) is 0 Å². The van der Waals surface area contributed by atoms with Crippen LogP contribution in [0.15, 0.2) is 24.3 Å². The van der Waals surface area contributed by atoms with Crippen molar-refractivity contribution in [2.45, 2.75) is 30.7 Å². The highest BCUT2D eigenvalue weighted by Gasteiger charge is 2.38. The first-order valence-corrected chi connectivity index (χ1v) is 6.60. The molecule has 9 heteroatoms. The van der Waals surface area contributed by atoms with Crippen LogP contribution in [-0.2, 0) is 9.47 Å². The zero-order valence-electron chi connectivity index (χ0n) is 11.5. The molecule has 1 aliphatic heterocycles. The van der Waals surface area contributed by atoms with E-state index >= 15 is 0 Å². The van der Waals surface area contributed by atoms with E-state index in [4.69, 9.17) is 14.6 Å². The van der Waals surface area contributed by atoms with Gasteiger partial charge in [-0.2, -0.15) is 0 Å². The van der Waals surface area contributed by atoms with E-state index in [1.165, 1.54) is 24.3 Å². The molecule has 0 aromatic heterocycles. The molecule has 0 spiro atoms. The molecule has 1 aromatic carbocycles. The number of non-ortho nitro benzene ring substituents is 1. The fraction of sp³-hybridized carbons (Fsp3) is 0.538. The number of nitro benzene ring substituents is 1. The van der Waals surface area contributed by atoms with Gasteiger partial charge in [0.05, 0.1) is 18.1 Å². The van der Waals surface area contributed by atoms with Gasteiger partial charge in [-0.05, 0) is 0 Å². The van der Waals surface area contributed by atoms with Crippen LogP contribution in [0, 0.1) is 10.1 Å². The van der Waals surface area contributed by atoms with Crippen LogP contribution in [0.25, 0.3) is 0 Å². The zero-order chi connectivity index (χ0) is 16.3. The Labute approximate surface area is 125 Å². The van der Waals surface area contributed by atoms with E-state index in [1.807, 2.05) is 0 Å². The van der Waals surface area contributed by atoms with Gasteiger partial charge in [-0.3, -0.25) is 10.1 Å². The molecular formula is C13H17NO8. The Morgan fingerprint density at radius 2 is 2.14 bits per heavy atom. The van der Waals surface area contributed by atoms with Gasteiger partial charge in [0.25, 0.3) is 5.69 Å². The van der Waals surface area contributed by atoms with Crippen molar-refractivity contribution in [2.75, 3.05) is 13.2 Å². The number of aliphatic hydroxyl groups excluding tert-OH is 4. The molecule has 0 aliphatic carbocycles. The number of ether oxygens (including phenoxy) is 2. The quantitative estimate of drug-likeness (QED) is 0.413. The van der Waals surface area contributed by atoms with Gasteiger partial charge in [0, 0.05) is 17.7 Å². The summed E-state index contributed by atoms with van der Waals surface area (Å²) in [5, 5.41) is 49.1. The molecule has 0 amide bonds. The Morgan fingerprint density at radius 1 is 1.41 bits per heavy atom. The van der Waals surface area contributed by atoms with Gasteiger partial charge >= 0.3 is 0 Å². The summed E-state index contributed by atoms with van der Waals surface area (Å²) in [6, 6.07) is 5.49. The second-order valence-corrected chi connectivity index (χ2v) is 4.93. The largest absolute Gasteiger partial charge is 0.394 e. The standard InChI is InChI=1S/C13H17NO8/c15-5-9(16)12-11(18)10(17)6-21-13(22-12)7-2-1-3-8(4-7)14(19)20/h1-4,9-13,15-18H,5-6H2/t9-,10+,11+,12+,13?/m0/s1. The molecule has 1 heterocycles. The van der Waals surface area contributed by atoms with E-state index in [9.17, 15) is 25.4 Å². The summed E-state index contributed by atoms with van der Waals surface area (Å²) >= 11 is 0. The summed E-state index contributed by atoms with van der Waals surface area (Å²) in [6.07, 6.45) is -6.65. The second kappa shape index (κ2) is 7.09. The molecule has 1 saturated heterocycles. The molecule has 0 bridgehead atoms. The van der Waals surface area contributed by atoms with E-state index in [0.29, 0.717) is 5.56 Å². The van der Waals surface area contributed by atoms with Crippen LogP contribution < -0.4 is 0 Å². The number of nitro groups is 1. The summed E-state index contributed by atoms with van der Waals surface area (Å²) in [5.74, 6) is 0. The van der Waals surface area contributed by atoms with Crippen molar-refractivity contribution >= 4 is 5.69 Å². The normalized spacial score (nSPS) is 30.5. The van der Waals surface area contributed by atoms with Crippen molar-refractivity contribution in [3.05, 3.63) is 39.9 Å². The molecule has 4 N–H and O–H groups in total. The lowest BCUT2D eigenvalue weighted by Crippen LogP contribution is -2.47. The van der Waals surface area contributed by atoms with Gasteiger partial charge in [-0.1, -0.05) is 12.1 Å². The maximum absolute atomic E-state index is 10.8. The van der Waals surface area contributed by atoms with Gasteiger partial charge in [0.1, 0.15) is 24.4 Å². The Kier molecular flexibility index (Phi) is 5.40. The van der Waals surface area contributed by atoms with Crippen LogP contribution in [0.3, 0.4) is 0 Å². The minimum Gasteiger partial charge on any atom is -0.394 e. The maximum atomic E-state index is 10.8. The Morgan fingerprint density at radius 3 is 2.77 bits per heavy atom. The summed E-state index contributed by atoms with van der Waals surface area (Å²) < 4.78 is 10.7. The predicted molar refractivity (Wildman–Crippen MR) is 71.8 cm³/mol. The highest BCUT2D eigenvalue weighted by Crippen LogP contribution is 2.29. The van der Waals surface area contributed by atoms with Crippen LogP contribution in [0.2, 0.25) is 0 Å². The molecule has 9 nitrogen and oxygen atoms in total. The molecule has 0 saturated carbocycles. The third-order valence-electron chi connectivity index (χ3n) is 3.35. The molecule has 5 atom stereocenters. The number of hydrogen-bond acceptors (Lipinski definition) is 8. The van der Waals surface area contributed by atoms with Crippen molar-refractivity contribution in [1.29, 1.82) is 0 Å².